The van der Waals surface area contributed by atoms with Crippen LogP contribution in [0.15, 0.2) is 52.3 Å². The SMILES string of the molecule is CCCCNc1ccc(S(N)(=O)=O)cc1NS(=O)(=O)c1ccc(OCCOC)cc1. The fourth-order valence-corrected chi connectivity index (χ4v) is 4.11. The molecule has 0 aliphatic rings. The van der Waals surface area contributed by atoms with E-state index in [-0.39, 0.29) is 15.5 Å². The molecule has 0 amide bonds. The Morgan fingerprint density at radius 2 is 1.60 bits per heavy atom. The van der Waals surface area contributed by atoms with Gasteiger partial charge in [-0.3, -0.25) is 4.72 Å². The molecule has 166 valence electrons. The number of anilines is 2. The summed E-state index contributed by atoms with van der Waals surface area (Å²) >= 11 is 0. The van der Waals surface area contributed by atoms with Gasteiger partial charge in [0.05, 0.1) is 27.8 Å². The fourth-order valence-electron chi connectivity index (χ4n) is 2.50. The summed E-state index contributed by atoms with van der Waals surface area (Å²) in [6, 6.07) is 9.88. The van der Waals surface area contributed by atoms with Gasteiger partial charge in [-0.05, 0) is 48.9 Å². The van der Waals surface area contributed by atoms with E-state index in [0.29, 0.717) is 31.2 Å². The second kappa shape index (κ2) is 10.6. The molecule has 0 fully saturated rings. The summed E-state index contributed by atoms with van der Waals surface area (Å²) < 4.78 is 61.8. The maximum Gasteiger partial charge on any atom is 0.261 e. The molecule has 11 heteroatoms. The van der Waals surface area contributed by atoms with Crippen molar-refractivity contribution in [2.75, 3.05) is 36.9 Å². The van der Waals surface area contributed by atoms with Crippen LogP contribution in [0.3, 0.4) is 0 Å². The van der Waals surface area contributed by atoms with Crippen molar-refractivity contribution >= 4 is 31.4 Å². The molecule has 0 unspecified atom stereocenters. The molecule has 2 aromatic carbocycles. The Morgan fingerprint density at radius 3 is 2.20 bits per heavy atom. The number of hydrogen-bond donors (Lipinski definition) is 3. The topological polar surface area (TPSA) is 137 Å². The standard InChI is InChI=1S/C19H27N3O6S2/c1-3-4-11-21-18-10-9-17(29(20,23)24)14-19(18)22-30(25,26)16-7-5-15(6-8-16)28-13-12-27-2/h5-10,14,21-22H,3-4,11-13H2,1-2H3,(H2,20,23,24). The number of sulfonamides is 2. The molecule has 0 aliphatic carbocycles. The number of ether oxygens (including phenoxy) is 2. The maximum absolute atomic E-state index is 12.8. The van der Waals surface area contributed by atoms with Gasteiger partial charge in [-0.2, -0.15) is 0 Å². The summed E-state index contributed by atoms with van der Waals surface area (Å²) in [4.78, 5) is -0.190. The fraction of sp³-hybridized carbons (Fsp3) is 0.368. The predicted octanol–water partition coefficient (Wildman–Crippen LogP) is 2.37. The highest BCUT2D eigenvalue weighted by Gasteiger charge is 2.19. The van der Waals surface area contributed by atoms with Crippen molar-refractivity contribution in [3.05, 3.63) is 42.5 Å². The lowest BCUT2D eigenvalue weighted by molar-refractivity contribution is 0.146. The molecule has 0 radical (unpaired) electrons. The Hall–Kier alpha value is -2.34. The third-order valence-corrected chi connectivity index (χ3v) is 6.39. The van der Waals surface area contributed by atoms with Crippen molar-refractivity contribution in [2.45, 2.75) is 29.6 Å². The van der Waals surface area contributed by atoms with E-state index in [4.69, 9.17) is 14.6 Å². The minimum absolute atomic E-state index is 0.00195. The van der Waals surface area contributed by atoms with Crippen LogP contribution in [-0.4, -0.2) is 43.7 Å². The molecule has 2 rings (SSSR count). The lowest BCUT2D eigenvalue weighted by Crippen LogP contribution is -2.17. The first-order valence-corrected chi connectivity index (χ1v) is 12.4. The Bertz CT molecular complexity index is 1040. The lowest BCUT2D eigenvalue weighted by atomic mass is 10.2. The van der Waals surface area contributed by atoms with E-state index in [0.717, 1.165) is 12.8 Å². The number of hydrogen-bond acceptors (Lipinski definition) is 7. The molecule has 0 bridgehead atoms. The molecule has 0 aromatic heterocycles. The summed E-state index contributed by atoms with van der Waals surface area (Å²) in [6.45, 7) is 3.38. The van der Waals surface area contributed by atoms with E-state index < -0.39 is 20.0 Å². The number of methoxy groups -OCH3 is 1. The number of rotatable bonds is 12. The van der Waals surface area contributed by atoms with Crippen molar-refractivity contribution in [1.82, 2.24) is 0 Å². The molecule has 0 saturated heterocycles. The van der Waals surface area contributed by atoms with E-state index in [1.807, 2.05) is 6.92 Å². The highest BCUT2D eigenvalue weighted by molar-refractivity contribution is 7.92. The van der Waals surface area contributed by atoms with Crippen molar-refractivity contribution < 1.29 is 26.3 Å². The van der Waals surface area contributed by atoms with Crippen molar-refractivity contribution in [3.8, 4) is 5.75 Å². The van der Waals surface area contributed by atoms with E-state index in [1.165, 1.54) is 42.5 Å². The summed E-state index contributed by atoms with van der Waals surface area (Å²) in [5, 5.41) is 8.30. The minimum Gasteiger partial charge on any atom is -0.491 e. The van der Waals surface area contributed by atoms with Gasteiger partial charge in [0.1, 0.15) is 12.4 Å². The number of benzene rings is 2. The summed E-state index contributed by atoms with van der Waals surface area (Å²) in [7, 11) is -6.41. The quantitative estimate of drug-likeness (QED) is 0.416. The summed E-state index contributed by atoms with van der Waals surface area (Å²) in [5.41, 5.74) is 0.553. The van der Waals surface area contributed by atoms with Crippen LogP contribution >= 0.6 is 0 Å². The van der Waals surface area contributed by atoms with Crippen LogP contribution in [0.2, 0.25) is 0 Å². The zero-order valence-electron chi connectivity index (χ0n) is 16.9. The van der Waals surface area contributed by atoms with Crippen LogP contribution in [0.1, 0.15) is 19.8 Å². The Labute approximate surface area is 177 Å². The van der Waals surface area contributed by atoms with Gasteiger partial charge in [-0.1, -0.05) is 13.3 Å². The average Bonchev–Trinajstić information content (AvgIpc) is 2.69. The highest BCUT2D eigenvalue weighted by atomic mass is 32.2. The first-order chi connectivity index (χ1) is 14.2. The number of nitrogens with two attached hydrogens (primary N) is 1. The van der Waals surface area contributed by atoms with Crippen LogP contribution in [0.4, 0.5) is 11.4 Å². The normalized spacial score (nSPS) is 11.8. The summed E-state index contributed by atoms with van der Waals surface area (Å²) in [5.74, 6) is 0.504. The first kappa shape index (κ1) is 23.9. The third kappa shape index (κ3) is 6.87. The van der Waals surface area contributed by atoms with Gasteiger partial charge in [0.25, 0.3) is 10.0 Å². The van der Waals surface area contributed by atoms with E-state index in [9.17, 15) is 16.8 Å². The van der Waals surface area contributed by atoms with Gasteiger partial charge in [0.15, 0.2) is 0 Å². The Balaban J connectivity index is 2.28. The molecule has 4 N–H and O–H groups in total. The second-order valence-corrected chi connectivity index (χ2v) is 9.69. The average molecular weight is 458 g/mol. The summed E-state index contributed by atoms with van der Waals surface area (Å²) in [6.07, 6.45) is 1.82. The smallest absolute Gasteiger partial charge is 0.261 e. The molecule has 2 aromatic rings. The van der Waals surface area contributed by atoms with Crippen molar-refractivity contribution in [2.24, 2.45) is 5.14 Å². The molecule has 0 heterocycles. The zero-order chi connectivity index (χ0) is 22.2. The molecule has 30 heavy (non-hydrogen) atoms. The Kier molecular flexibility index (Phi) is 8.47. The highest BCUT2D eigenvalue weighted by Crippen LogP contribution is 2.28. The van der Waals surface area contributed by atoms with Crippen molar-refractivity contribution in [3.63, 3.8) is 0 Å². The van der Waals surface area contributed by atoms with Gasteiger partial charge in [-0.25, -0.2) is 22.0 Å². The second-order valence-electron chi connectivity index (χ2n) is 6.45. The molecular weight excluding hydrogens is 430 g/mol. The van der Waals surface area contributed by atoms with E-state index >= 15 is 0 Å². The predicted molar refractivity (Wildman–Crippen MR) is 116 cm³/mol. The first-order valence-electron chi connectivity index (χ1n) is 9.32. The van der Waals surface area contributed by atoms with Crippen LogP contribution in [0.25, 0.3) is 0 Å². The molecular formula is C19H27N3O6S2. The molecule has 0 atom stereocenters. The van der Waals surface area contributed by atoms with Crippen LogP contribution in [0, 0.1) is 0 Å². The maximum atomic E-state index is 12.8. The van der Waals surface area contributed by atoms with Crippen LogP contribution in [-0.2, 0) is 24.8 Å². The monoisotopic (exact) mass is 457 g/mol. The van der Waals surface area contributed by atoms with E-state index in [1.54, 1.807) is 7.11 Å². The van der Waals surface area contributed by atoms with Gasteiger partial charge in [0, 0.05) is 13.7 Å². The largest absolute Gasteiger partial charge is 0.491 e. The molecule has 0 aliphatic heterocycles. The van der Waals surface area contributed by atoms with Crippen LogP contribution in [0.5, 0.6) is 5.75 Å². The van der Waals surface area contributed by atoms with Gasteiger partial charge >= 0.3 is 0 Å². The lowest BCUT2D eigenvalue weighted by Gasteiger charge is -2.15. The van der Waals surface area contributed by atoms with Crippen molar-refractivity contribution in [1.29, 1.82) is 0 Å². The number of unbranched alkanes of at least 4 members (excludes halogenated alkanes) is 1. The van der Waals surface area contributed by atoms with Gasteiger partial charge < -0.3 is 14.8 Å². The number of nitrogens with one attached hydrogen (secondary N) is 2. The van der Waals surface area contributed by atoms with Gasteiger partial charge in [-0.15, -0.1) is 0 Å². The Morgan fingerprint density at radius 1 is 0.933 bits per heavy atom. The van der Waals surface area contributed by atoms with E-state index in [2.05, 4.69) is 10.0 Å². The third-order valence-electron chi connectivity index (χ3n) is 4.10. The zero-order valence-corrected chi connectivity index (χ0v) is 18.6. The molecule has 9 nitrogen and oxygen atoms in total. The molecule has 0 saturated carbocycles. The number of primary sulfonamides is 1. The minimum atomic E-state index is -3.99. The molecule has 0 spiro atoms. The van der Waals surface area contributed by atoms with Crippen LogP contribution < -0.4 is 19.9 Å². The van der Waals surface area contributed by atoms with Gasteiger partial charge in [0.2, 0.25) is 10.0 Å².